The number of halogens is 5. The fourth-order valence-electron chi connectivity index (χ4n) is 5.08. The maximum atomic E-state index is 14.4. The summed E-state index contributed by atoms with van der Waals surface area (Å²) in [5.74, 6) is -4.28. The standard InChI is InChI=1S/C28H23F5O4/c1-35-26(34)13-16-15-36-25-14-17(9-10-18(16)25)37-24-12-11-20-19(6-4-7-22(20)24)21-5-2-3-8-23(21)27(29,30)28(31,32)33/h2-10,14,16,24H,11-13,15H2,1H3/t16?,24-/m1/s1. The number of ether oxygens (including phenoxy) is 3. The Morgan fingerprint density at radius 1 is 0.973 bits per heavy atom. The molecule has 3 aromatic carbocycles. The van der Waals surface area contributed by atoms with Gasteiger partial charge in [-0.05, 0) is 41.2 Å². The SMILES string of the molecule is COC(=O)CC1COc2cc(O[C@@H]3CCc4c(-c5ccccc5C(F)(F)C(F)(F)F)cccc43)ccc21. The molecule has 0 N–H and O–H groups in total. The van der Waals surface area contributed by atoms with Crippen LogP contribution in [-0.2, 0) is 21.9 Å². The summed E-state index contributed by atoms with van der Waals surface area (Å²) in [6.07, 6.45) is -4.91. The second kappa shape index (κ2) is 9.36. The van der Waals surface area contributed by atoms with Crippen LogP contribution < -0.4 is 9.47 Å². The van der Waals surface area contributed by atoms with E-state index in [0.717, 1.165) is 17.2 Å². The smallest absolute Gasteiger partial charge is 0.458 e. The van der Waals surface area contributed by atoms with Crippen molar-refractivity contribution in [3.63, 3.8) is 0 Å². The van der Waals surface area contributed by atoms with Gasteiger partial charge in [-0.1, -0.05) is 48.5 Å². The quantitative estimate of drug-likeness (QED) is 0.258. The van der Waals surface area contributed by atoms with Gasteiger partial charge in [-0.25, -0.2) is 0 Å². The van der Waals surface area contributed by atoms with Crippen LogP contribution in [0.5, 0.6) is 11.5 Å². The zero-order chi connectivity index (χ0) is 26.4. The summed E-state index contributed by atoms with van der Waals surface area (Å²) in [5.41, 5.74) is 1.43. The number of hydrogen-bond acceptors (Lipinski definition) is 4. The molecular weight excluding hydrogens is 495 g/mol. The Labute approximate surface area is 210 Å². The Bertz CT molecular complexity index is 1330. The van der Waals surface area contributed by atoms with Crippen molar-refractivity contribution in [3.8, 4) is 22.6 Å². The Balaban J connectivity index is 1.42. The van der Waals surface area contributed by atoms with Crippen molar-refractivity contribution in [2.75, 3.05) is 13.7 Å². The van der Waals surface area contributed by atoms with Crippen LogP contribution in [0, 0.1) is 0 Å². The van der Waals surface area contributed by atoms with Crippen LogP contribution in [0.1, 0.15) is 47.1 Å². The fraction of sp³-hybridized carbons (Fsp3) is 0.321. The van der Waals surface area contributed by atoms with Gasteiger partial charge < -0.3 is 14.2 Å². The van der Waals surface area contributed by atoms with Gasteiger partial charge in [0.25, 0.3) is 0 Å². The van der Waals surface area contributed by atoms with Crippen molar-refractivity contribution in [2.24, 2.45) is 0 Å². The van der Waals surface area contributed by atoms with Crippen LogP contribution in [0.15, 0.2) is 60.7 Å². The maximum Gasteiger partial charge on any atom is 0.458 e. The van der Waals surface area contributed by atoms with Gasteiger partial charge in [-0.15, -0.1) is 0 Å². The molecule has 3 aromatic rings. The molecular formula is C28H23F5O4. The molecule has 1 heterocycles. The van der Waals surface area contributed by atoms with E-state index >= 15 is 0 Å². The molecule has 1 aliphatic carbocycles. The first-order valence-electron chi connectivity index (χ1n) is 11.8. The van der Waals surface area contributed by atoms with Crippen molar-refractivity contribution in [3.05, 3.63) is 82.9 Å². The van der Waals surface area contributed by atoms with Crippen molar-refractivity contribution in [1.82, 2.24) is 0 Å². The predicted octanol–water partition coefficient (Wildman–Crippen LogP) is 7.11. The van der Waals surface area contributed by atoms with Crippen molar-refractivity contribution < 1.29 is 41.0 Å². The summed E-state index contributed by atoms with van der Waals surface area (Å²) in [4.78, 5) is 11.6. The van der Waals surface area contributed by atoms with Gasteiger partial charge in [-0.2, -0.15) is 22.0 Å². The third-order valence-corrected chi connectivity index (χ3v) is 6.91. The van der Waals surface area contributed by atoms with Crippen molar-refractivity contribution in [2.45, 2.75) is 43.4 Å². The Hall–Kier alpha value is -3.62. The molecule has 37 heavy (non-hydrogen) atoms. The molecule has 9 heteroatoms. The van der Waals surface area contributed by atoms with Gasteiger partial charge in [0.2, 0.25) is 0 Å². The van der Waals surface area contributed by atoms with Crippen LogP contribution >= 0.6 is 0 Å². The molecule has 0 aromatic heterocycles. The van der Waals surface area contributed by atoms with E-state index in [9.17, 15) is 26.7 Å². The van der Waals surface area contributed by atoms with Crippen molar-refractivity contribution >= 4 is 5.97 Å². The number of carbonyl (C=O) groups excluding carboxylic acids is 1. The average Bonchev–Trinajstić information content (AvgIpc) is 3.47. The third kappa shape index (κ3) is 4.51. The van der Waals surface area contributed by atoms with Crippen LogP contribution in [0.25, 0.3) is 11.1 Å². The number of methoxy groups -OCH3 is 1. The normalized spacial score (nSPS) is 18.6. The van der Waals surface area contributed by atoms with Gasteiger partial charge in [-0.3, -0.25) is 4.79 Å². The number of hydrogen-bond donors (Lipinski definition) is 0. The Morgan fingerprint density at radius 3 is 2.49 bits per heavy atom. The molecule has 5 rings (SSSR count). The first-order valence-corrected chi connectivity index (χ1v) is 11.8. The maximum absolute atomic E-state index is 14.4. The molecule has 2 atom stereocenters. The van der Waals surface area contributed by atoms with Crippen LogP contribution in [0.3, 0.4) is 0 Å². The highest BCUT2D eigenvalue weighted by molar-refractivity contribution is 5.74. The largest absolute Gasteiger partial charge is 0.492 e. The zero-order valence-electron chi connectivity index (χ0n) is 19.8. The molecule has 0 amide bonds. The molecule has 1 unspecified atom stereocenters. The lowest BCUT2D eigenvalue weighted by molar-refractivity contribution is -0.289. The van der Waals surface area contributed by atoms with E-state index in [1.54, 1.807) is 30.3 Å². The number of benzene rings is 3. The minimum Gasteiger partial charge on any atom is -0.492 e. The van der Waals surface area contributed by atoms with Gasteiger partial charge in [0.15, 0.2) is 0 Å². The van der Waals surface area contributed by atoms with E-state index in [1.807, 2.05) is 6.07 Å². The van der Waals surface area contributed by atoms with Gasteiger partial charge in [0.1, 0.15) is 17.6 Å². The number of carbonyl (C=O) groups is 1. The summed E-state index contributed by atoms with van der Waals surface area (Å²) in [6, 6.07) is 15.1. The lowest BCUT2D eigenvalue weighted by atomic mass is 9.90. The topological polar surface area (TPSA) is 44.8 Å². The second-order valence-corrected chi connectivity index (χ2v) is 9.12. The monoisotopic (exact) mass is 518 g/mol. The average molecular weight is 518 g/mol. The Morgan fingerprint density at radius 2 is 1.73 bits per heavy atom. The molecule has 2 aliphatic rings. The van der Waals surface area contributed by atoms with E-state index in [2.05, 4.69) is 0 Å². The van der Waals surface area contributed by atoms with E-state index in [-0.39, 0.29) is 23.9 Å². The third-order valence-electron chi connectivity index (χ3n) is 6.91. The first kappa shape index (κ1) is 25.0. The zero-order valence-corrected chi connectivity index (χ0v) is 19.8. The minimum absolute atomic E-state index is 0.110. The van der Waals surface area contributed by atoms with E-state index in [0.29, 0.717) is 42.1 Å². The molecule has 0 bridgehead atoms. The van der Waals surface area contributed by atoms with Crippen LogP contribution in [-0.4, -0.2) is 25.9 Å². The second-order valence-electron chi connectivity index (χ2n) is 9.12. The number of fused-ring (bicyclic) bond motifs is 2. The molecule has 1 aliphatic heterocycles. The van der Waals surface area contributed by atoms with Gasteiger partial charge in [0.05, 0.1) is 20.1 Å². The van der Waals surface area contributed by atoms with Gasteiger partial charge in [0, 0.05) is 23.1 Å². The molecule has 194 valence electrons. The molecule has 0 radical (unpaired) electrons. The summed E-state index contributed by atoms with van der Waals surface area (Å²) in [7, 11) is 1.33. The number of rotatable bonds is 6. The molecule has 0 saturated heterocycles. The lowest BCUT2D eigenvalue weighted by Crippen LogP contribution is -2.34. The first-order chi connectivity index (χ1) is 17.6. The molecule has 0 fully saturated rings. The molecule has 0 saturated carbocycles. The number of esters is 1. The summed E-state index contributed by atoms with van der Waals surface area (Å²) >= 11 is 0. The van der Waals surface area contributed by atoms with Crippen LogP contribution in [0.4, 0.5) is 22.0 Å². The highest BCUT2D eigenvalue weighted by atomic mass is 19.4. The predicted molar refractivity (Wildman–Crippen MR) is 125 cm³/mol. The van der Waals surface area contributed by atoms with Crippen molar-refractivity contribution in [1.29, 1.82) is 0 Å². The van der Waals surface area contributed by atoms with Crippen LogP contribution in [0.2, 0.25) is 0 Å². The highest BCUT2D eigenvalue weighted by Gasteiger charge is 2.59. The summed E-state index contributed by atoms with van der Waals surface area (Å²) < 4.78 is 85.0. The van der Waals surface area contributed by atoms with E-state index in [4.69, 9.17) is 14.2 Å². The van der Waals surface area contributed by atoms with Gasteiger partial charge >= 0.3 is 18.1 Å². The fourth-order valence-corrected chi connectivity index (χ4v) is 5.08. The minimum atomic E-state index is -5.71. The van der Waals surface area contributed by atoms with E-state index in [1.165, 1.54) is 25.3 Å². The molecule has 0 spiro atoms. The summed E-state index contributed by atoms with van der Waals surface area (Å²) in [6.45, 7) is 0.353. The van der Waals surface area contributed by atoms with E-state index < -0.39 is 23.8 Å². The Kier molecular flexibility index (Phi) is 6.33. The highest BCUT2D eigenvalue weighted by Crippen LogP contribution is 2.49. The summed E-state index contributed by atoms with van der Waals surface area (Å²) in [5, 5.41) is 0. The molecule has 4 nitrogen and oxygen atoms in total. The lowest BCUT2D eigenvalue weighted by Gasteiger charge is -2.23. The number of alkyl halides is 5.